The lowest BCUT2D eigenvalue weighted by Gasteiger charge is -2.21. The molecule has 0 aromatic carbocycles. The van der Waals surface area contributed by atoms with Gasteiger partial charge in [0.1, 0.15) is 0 Å². The molecular formula is C8H8FNO3. The minimum absolute atomic E-state index is 0.610. The van der Waals surface area contributed by atoms with Gasteiger partial charge in [-0.2, -0.15) is 0 Å². The lowest BCUT2D eigenvalue weighted by Crippen LogP contribution is -2.29. The quantitative estimate of drug-likeness (QED) is 0.519. The van der Waals surface area contributed by atoms with Crippen LogP contribution >= 0.6 is 0 Å². The van der Waals surface area contributed by atoms with Gasteiger partial charge in [0.05, 0.1) is 10.8 Å². The van der Waals surface area contributed by atoms with Crippen molar-refractivity contribution >= 4 is 0 Å². The topological polar surface area (TPSA) is 63.4 Å². The van der Waals surface area contributed by atoms with Gasteiger partial charge in [-0.3, -0.25) is 10.1 Å². The molecule has 0 saturated heterocycles. The highest BCUT2D eigenvalue weighted by atomic mass is 19.2. The highest BCUT2D eigenvalue weighted by molar-refractivity contribution is 5.22. The molecule has 0 fully saturated rings. The Hall–Kier alpha value is -1.49. The second-order valence-corrected chi connectivity index (χ2v) is 2.62. The molecule has 0 aliphatic heterocycles. The van der Waals surface area contributed by atoms with Crippen LogP contribution in [0.2, 0.25) is 0 Å². The summed E-state index contributed by atoms with van der Waals surface area (Å²) in [6, 6.07) is 0. The first-order valence-electron chi connectivity index (χ1n) is 3.61. The minimum atomic E-state index is -2.53. The molecule has 0 spiro atoms. The lowest BCUT2D eigenvalue weighted by molar-refractivity contribution is -0.403. The molecule has 1 aliphatic rings. The number of rotatable bonds is 2. The van der Waals surface area contributed by atoms with Crippen LogP contribution in [0.4, 0.5) is 4.39 Å². The second kappa shape index (κ2) is 3.49. The molecule has 13 heavy (non-hydrogen) atoms. The van der Waals surface area contributed by atoms with Gasteiger partial charge in [-0.1, -0.05) is 18.2 Å². The predicted octanol–water partition coefficient (Wildman–Crippen LogP) is 1.18. The van der Waals surface area contributed by atoms with Crippen molar-refractivity contribution in [2.75, 3.05) is 0 Å². The van der Waals surface area contributed by atoms with E-state index in [4.69, 9.17) is 5.11 Å². The van der Waals surface area contributed by atoms with Crippen LogP contribution in [0, 0.1) is 16.0 Å². The molecule has 2 unspecified atom stereocenters. The van der Waals surface area contributed by atoms with Crippen LogP contribution in [0.3, 0.4) is 0 Å². The van der Waals surface area contributed by atoms with Crippen molar-refractivity contribution < 1.29 is 14.4 Å². The Morgan fingerprint density at radius 3 is 2.85 bits per heavy atom. The number of hydrogen-bond acceptors (Lipinski definition) is 3. The molecule has 0 aromatic rings. The third kappa shape index (κ3) is 2.48. The molecule has 5 heteroatoms. The van der Waals surface area contributed by atoms with E-state index in [9.17, 15) is 14.5 Å². The monoisotopic (exact) mass is 185 g/mol. The van der Waals surface area contributed by atoms with Gasteiger partial charge in [0.15, 0.2) is 0 Å². The van der Waals surface area contributed by atoms with E-state index in [0.29, 0.717) is 6.20 Å². The standard InChI is InChI=1S/C8H8FNO3/c9-8(11)5-2-1-3-7(8)4-6-10(12)13/h1-7,11H/b6-4+. The van der Waals surface area contributed by atoms with Crippen molar-refractivity contribution in [3.63, 3.8) is 0 Å². The summed E-state index contributed by atoms with van der Waals surface area (Å²) in [4.78, 5) is 9.22. The second-order valence-electron chi connectivity index (χ2n) is 2.62. The zero-order valence-electron chi connectivity index (χ0n) is 6.63. The van der Waals surface area contributed by atoms with Gasteiger partial charge in [-0.05, 0) is 12.2 Å². The SMILES string of the molecule is O=[N+]([O-])/C=C/C1C=CC=CC1(O)F. The van der Waals surface area contributed by atoms with Crippen molar-refractivity contribution in [3.05, 3.63) is 46.7 Å². The molecule has 0 saturated carbocycles. The first kappa shape index (κ1) is 9.60. The predicted molar refractivity (Wildman–Crippen MR) is 44.0 cm³/mol. The molecule has 0 heterocycles. The number of allylic oxidation sites excluding steroid dienone is 2. The Balaban J connectivity index is 2.75. The van der Waals surface area contributed by atoms with Gasteiger partial charge in [0.25, 0.3) is 0 Å². The van der Waals surface area contributed by atoms with E-state index in [1.165, 1.54) is 18.2 Å². The summed E-state index contributed by atoms with van der Waals surface area (Å²) < 4.78 is 13.1. The van der Waals surface area contributed by atoms with Crippen LogP contribution in [0.25, 0.3) is 0 Å². The maximum atomic E-state index is 13.1. The fourth-order valence-electron chi connectivity index (χ4n) is 0.983. The maximum Gasteiger partial charge on any atom is 0.236 e. The van der Waals surface area contributed by atoms with Gasteiger partial charge < -0.3 is 5.11 Å². The highest BCUT2D eigenvalue weighted by Gasteiger charge is 2.32. The summed E-state index contributed by atoms with van der Waals surface area (Å²) in [5.74, 6) is -3.52. The lowest BCUT2D eigenvalue weighted by atomic mass is 9.95. The number of aliphatic hydroxyl groups is 1. The van der Waals surface area contributed by atoms with Crippen molar-refractivity contribution in [1.82, 2.24) is 0 Å². The Morgan fingerprint density at radius 1 is 1.62 bits per heavy atom. The van der Waals surface area contributed by atoms with Crippen molar-refractivity contribution in [2.45, 2.75) is 5.85 Å². The third-order valence-electron chi connectivity index (χ3n) is 1.64. The van der Waals surface area contributed by atoms with Crippen molar-refractivity contribution in [2.24, 2.45) is 5.92 Å². The fraction of sp³-hybridized carbons (Fsp3) is 0.250. The third-order valence-corrected chi connectivity index (χ3v) is 1.64. The maximum absolute atomic E-state index is 13.1. The molecule has 0 bridgehead atoms. The number of nitrogens with zero attached hydrogens (tertiary/aromatic N) is 1. The summed E-state index contributed by atoms with van der Waals surface area (Å²) >= 11 is 0. The van der Waals surface area contributed by atoms with Crippen LogP contribution < -0.4 is 0 Å². The Labute approximate surface area is 73.8 Å². The van der Waals surface area contributed by atoms with E-state index in [0.717, 1.165) is 12.2 Å². The van der Waals surface area contributed by atoms with Crippen LogP contribution in [-0.4, -0.2) is 15.9 Å². The van der Waals surface area contributed by atoms with Gasteiger partial charge >= 0.3 is 0 Å². The summed E-state index contributed by atoms with van der Waals surface area (Å²) in [6.07, 6.45) is 6.76. The number of alkyl halides is 1. The average Bonchev–Trinajstić information content (AvgIpc) is 2.01. The molecule has 1 rings (SSSR count). The van der Waals surface area contributed by atoms with Crippen LogP contribution in [-0.2, 0) is 0 Å². The van der Waals surface area contributed by atoms with Gasteiger partial charge in [-0.15, -0.1) is 0 Å². The molecule has 0 aromatic heterocycles. The summed E-state index contributed by atoms with van der Waals surface area (Å²) in [7, 11) is 0. The molecule has 0 amide bonds. The summed E-state index contributed by atoms with van der Waals surface area (Å²) in [5.41, 5.74) is 0. The number of hydrogen-bond donors (Lipinski definition) is 1. The highest BCUT2D eigenvalue weighted by Crippen LogP contribution is 2.26. The molecule has 2 atom stereocenters. The van der Waals surface area contributed by atoms with E-state index < -0.39 is 16.7 Å². The van der Waals surface area contributed by atoms with E-state index in [2.05, 4.69) is 0 Å². The Morgan fingerprint density at radius 2 is 2.31 bits per heavy atom. The van der Waals surface area contributed by atoms with Crippen LogP contribution in [0.5, 0.6) is 0 Å². The van der Waals surface area contributed by atoms with E-state index in [-0.39, 0.29) is 0 Å². The van der Waals surface area contributed by atoms with E-state index in [1.54, 1.807) is 0 Å². The Kier molecular flexibility index (Phi) is 2.57. The first-order valence-corrected chi connectivity index (χ1v) is 3.61. The smallest absolute Gasteiger partial charge is 0.236 e. The zero-order chi connectivity index (χ0) is 9.90. The normalized spacial score (nSPS) is 32.6. The van der Waals surface area contributed by atoms with Crippen LogP contribution in [0.15, 0.2) is 36.6 Å². The van der Waals surface area contributed by atoms with Crippen molar-refractivity contribution in [1.29, 1.82) is 0 Å². The molecule has 4 nitrogen and oxygen atoms in total. The van der Waals surface area contributed by atoms with Gasteiger partial charge in [-0.25, -0.2) is 4.39 Å². The number of halogens is 1. The van der Waals surface area contributed by atoms with Crippen molar-refractivity contribution in [3.8, 4) is 0 Å². The van der Waals surface area contributed by atoms with E-state index in [1.807, 2.05) is 0 Å². The fourth-order valence-corrected chi connectivity index (χ4v) is 0.983. The minimum Gasteiger partial charge on any atom is -0.358 e. The molecule has 1 N–H and O–H groups in total. The molecular weight excluding hydrogens is 177 g/mol. The Bertz CT molecular complexity index is 294. The number of nitro groups is 1. The average molecular weight is 185 g/mol. The molecule has 0 radical (unpaired) electrons. The van der Waals surface area contributed by atoms with E-state index >= 15 is 0 Å². The zero-order valence-corrected chi connectivity index (χ0v) is 6.63. The van der Waals surface area contributed by atoms with Gasteiger partial charge in [0, 0.05) is 0 Å². The largest absolute Gasteiger partial charge is 0.358 e. The van der Waals surface area contributed by atoms with Gasteiger partial charge in [0.2, 0.25) is 12.1 Å². The van der Waals surface area contributed by atoms with Crippen LogP contribution in [0.1, 0.15) is 0 Å². The first-order chi connectivity index (χ1) is 6.02. The molecule has 1 aliphatic carbocycles. The summed E-state index contributed by atoms with van der Waals surface area (Å²) in [5, 5.41) is 19.0. The molecule has 70 valence electrons. The summed E-state index contributed by atoms with van der Waals surface area (Å²) in [6.45, 7) is 0.